The van der Waals surface area contributed by atoms with Crippen molar-refractivity contribution >= 4 is 50.9 Å². The first-order valence-corrected chi connectivity index (χ1v) is 12.2. The van der Waals surface area contributed by atoms with Gasteiger partial charge in [-0.2, -0.15) is 0 Å². The number of hydrogen-bond donors (Lipinski definition) is 1. The quantitative estimate of drug-likeness (QED) is 0.345. The zero-order valence-electron chi connectivity index (χ0n) is 18.6. The Morgan fingerprint density at radius 1 is 1.16 bits per heavy atom. The summed E-state index contributed by atoms with van der Waals surface area (Å²) in [5.74, 6) is 0.0613. The average molecular weight is 544 g/mol. The van der Waals surface area contributed by atoms with Crippen LogP contribution in [-0.2, 0) is 16.1 Å². The van der Waals surface area contributed by atoms with Crippen LogP contribution in [0, 0.1) is 6.92 Å². The second-order valence-electron chi connectivity index (χ2n) is 7.49. The molecule has 0 fully saturated rings. The minimum absolute atomic E-state index is 0.111. The van der Waals surface area contributed by atoms with Gasteiger partial charge in [-0.25, -0.2) is 0 Å². The standard InChI is InChI=1S/C24H29BrCl2N2O3/c1-4-6-12-28-24(31)22(5-2)29(14-18-20(26)8-7-9-21(18)27)23(30)15-32-17-10-11-19(25)16(3)13-17/h7-11,13,22H,4-6,12,14-15H2,1-3H3,(H,28,31)/t22-/m1/s1. The Balaban J connectivity index is 2.25. The minimum Gasteiger partial charge on any atom is -0.484 e. The van der Waals surface area contributed by atoms with Crippen molar-refractivity contribution in [3.63, 3.8) is 0 Å². The molecule has 2 rings (SSSR count). The number of rotatable bonds is 11. The van der Waals surface area contributed by atoms with Crippen molar-refractivity contribution in [1.82, 2.24) is 10.2 Å². The van der Waals surface area contributed by atoms with Crippen LogP contribution < -0.4 is 10.1 Å². The van der Waals surface area contributed by atoms with Gasteiger partial charge in [0, 0.05) is 33.2 Å². The lowest BCUT2D eigenvalue weighted by Gasteiger charge is -2.31. The Bertz CT molecular complexity index is 919. The summed E-state index contributed by atoms with van der Waals surface area (Å²) in [6, 6.07) is 10.0. The van der Waals surface area contributed by atoms with Crippen LogP contribution in [0.1, 0.15) is 44.2 Å². The Morgan fingerprint density at radius 3 is 2.44 bits per heavy atom. The predicted molar refractivity (Wildman–Crippen MR) is 133 cm³/mol. The minimum atomic E-state index is -0.665. The highest BCUT2D eigenvalue weighted by Crippen LogP contribution is 2.27. The van der Waals surface area contributed by atoms with Crippen LogP contribution in [0.4, 0.5) is 0 Å². The molecule has 2 amide bonds. The number of halogens is 3. The predicted octanol–water partition coefficient (Wildman–Crippen LogP) is 6.17. The van der Waals surface area contributed by atoms with Gasteiger partial charge in [-0.1, -0.05) is 65.5 Å². The third-order valence-corrected chi connectivity index (χ3v) is 6.70. The van der Waals surface area contributed by atoms with Crippen molar-refractivity contribution < 1.29 is 14.3 Å². The molecule has 1 N–H and O–H groups in total. The van der Waals surface area contributed by atoms with Crippen LogP contribution in [0.5, 0.6) is 5.75 Å². The van der Waals surface area contributed by atoms with E-state index in [4.69, 9.17) is 27.9 Å². The fourth-order valence-corrected chi connectivity index (χ4v) is 3.98. The second-order valence-corrected chi connectivity index (χ2v) is 9.16. The summed E-state index contributed by atoms with van der Waals surface area (Å²) in [5, 5.41) is 3.82. The Morgan fingerprint density at radius 2 is 1.84 bits per heavy atom. The Kier molecular flexibility index (Phi) is 10.8. The summed E-state index contributed by atoms with van der Waals surface area (Å²) >= 11 is 16.2. The van der Waals surface area contributed by atoms with E-state index < -0.39 is 6.04 Å². The van der Waals surface area contributed by atoms with Gasteiger partial charge in [0.1, 0.15) is 11.8 Å². The van der Waals surface area contributed by atoms with Crippen LogP contribution in [0.3, 0.4) is 0 Å². The molecule has 2 aromatic rings. The maximum Gasteiger partial charge on any atom is 0.261 e. The number of carbonyl (C=O) groups is 2. The molecule has 5 nitrogen and oxygen atoms in total. The number of nitrogens with zero attached hydrogens (tertiary/aromatic N) is 1. The van der Waals surface area contributed by atoms with Crippen LogP contribution in [0.25, 0.3) is 0 Å². The summed E-state index contributed by atoms with van der Waals surface area (Å²) in [6.45, 7) is 6.34. The molecule has 0 saturated heterocycles. The van der Waals surface area contributed by atoms with Crippen molar-refractivity contribution in [1.29, 1.82) is 0 Å². The van der Waals surface area contributed by atoms with Gasteiger partial charge < -0.3 is 15.0 Å². The Labute approximate surface area is 208 Å². The number of carbonyl (C=O) groups excluding carboxylic acids is 2. The molecule has 0 heterocycles. The number of benzene rings is 2. The van der Waals surface area contributed by atoms with Gasteiger partial charge in [-0.05, 0) is 55.7 Å². The average Bonchev–Trinajstić information content (AvgIpc) is 2.76. The zero-order chi connectivity index (χ0) is 23.7. The Hall–Kier alpha value is -1.76. The molecule has 0 aliphatic heterocycles. The van der Waals surface area contributed by atoms with Gasteiger partial charge in [0.05, 0.1) is 0 Å². The molecular formula is C24H29BrCl2N2O3. The van der Waals surface area contributed by atoms with Crippen molar-refractivity contribution in [3.8, 4) is 5.75 Å². The van der Waals surface area contributed by atoms with Crippen LogP contribution in [-0.4, -0.2) is 35.9 Å². The van der Waals surface area contributed by atoms with Crippen molar-refractivity contribution in [2.45, 2.75) is 52.6 Å². The van der Waals surface area contributed by atoms with E-state index in [9.17, 15) is 9.59 Å². The molecule has 0 aliphatic rings. The number of aryl methyl sites for hydroxylation is 1. The molecule has 174 valence electrons. The van der Waals surface area contributed by atoms with Crippen molar-refractivity contribution in [2.24, 2.45) is 0 Å². The first-order chi connectivity index (χ1) is 15.3. The maximum absolute atomic E-state index is 13.3. The SMILES string of the molecule is CCCCNC(=O)[C@@H](CC)N(Cc1c(Cl)cccc1Cl)C(=O)COc1ccc(Br)c(C)c1. The van der Waals surface area contributed by atoms with E-state index in [1.807, 2.05) is 26.0 Å². The molecule has 0 spiro atoms. The van der Waals surface area contributed by atoms with Gasteiger partial charge in [0.15, 0.2) is 6.61 Å². The number of hydrogen-bond acceptors (Lipinski definition) is 3. The highest BCUT2D eigenvalue weighted by atomic mass is 79.9. The zero-order valence-corrected chi connectivity index (χ0v) is 21.7. The highest BCUT2D eigenvalue weighted by molar-refractivity contribution is 9.10. The summed E-state index contributed by atoms with van der Waals surface area (Å²) in [6.07, 6.45) is 2.29. The van der Waals surface area contributed by atoms with E-state index >= 15 is 0 Å². The normalized spacial score (nSPS) is 11.7. The van der Waals surface area contributed by atoms with Gasteiger partial charge in [0.25, 0.3) is 5.91 Å². The topological polar surface area (TPSA) is 58.6 Å². The van der Waals surface area contributed by atoms with E-state index in [1.165, 1.54) is 4.90 Å². The summed E-state index contributed by atoms with van der Waals surface area (Å²) in [4.78, 5) is 27.7. The molecule has 0 bridgehead atoms. The number of amides is 2. The fraction of sp³-hybridized carbons (Fsp3) is 0.417. The molecule has 8 heteroatoms. The van der Waals surface area contributed by atoms with Gasteiger partial charge >= 0.3 is 0 Å². The lowest BCUT2D eigenvalue weighted by Crippen LogP contribution is -2.50. The second kappa shape index (κ2) is 13.1. The van der Waals surface area contributed by atoms with Crippen molar-refractivity contribution in [3.05, 3.63) is 62.0 Å². The first kappa shape index (κ1) is 26.5. The number of nitrogens with one attached hydrogen (secondary N) is 1. The number of unbranched alkanes of at least 4 members (excludes halogenated alkanes) is 1. The van der Waals surface area contributed by atoms with Gasteiger partial charge in [-0.15, -0.1) is 0 Å². The molecule has 0 saturated carbocycles. The first-order valence-electron chi connectivity index (χ1n) is 10.7. The van der Waals surface area contributed by atoms with E-state index in [0.29, 0.717) is 34.3 Å². The molecule has 0 aromatic heterocycles. The summed E-state index contributed by atoms with van der Waals surface area (Å²) < 4.78 is 6.71. The highest BCUT2D eigenvalue weighted by Gasteiger charge is 2.30. The maximum atomic E-state index is 13.3. The monoisotopic (exact) mass is 542 g/mol. The molecule has 0 aliphatic carbocycles. The fourth-order valence-electron chi connectivity index (χ4n) is 3.21. The molecule has 32 heavy (non-hydrogen) atoms. The van der Waals surface area contributed by atoms with E-state index in [0.717, 1.165) is 22.9 Å². The summed E-state index contributed by atoms with van der Waals surface area (Å²) in [5.41, 5.74) is 1.60. The van der Waals surface area contributed by atoms with Crippen molar-refractivity contribution in [2.75, 3.05) is 13.2 Å². The van der Waals surface area contributed by atoms with Crippen LogP contribution in [0.15, 0.2) is 40.9 Å². The molecular weight excluding hydrogens is 515 g/mol. The van der Waals surface area contributed by atoms with E-state index in [-0.39, 0.29) is 25.0 Å². The van der Waals surface area contributed by atoms with E-state index in [2.05, 4.69) is 28.2 Å². The third kappa shape index (κ3) is 7.39. The van der Waals surface area contributed by atoms with Crippen LogP contribution >= 0.6 is 39.1 Å². The lowest BCUT2D eigenvalue weighted by atomic mass is 10.1. The lowest BCUT2D eigenvalue weighted by molar-refractivity contribution is -0.143. The van der Waals surface area contributed by atoms with Gasteiger partial charge in [0.2, 0.25) is 5.91 Å². The van der Waals surface area contributed by atoms with E-state index in [1.54, 1.807) is 24.3 Å². The van der Waals surface area contributed by atoms with Crippen LogP contribution in [0.2, 0.25) is 10.0 Å². The largest absolute Gasteiger partial charge is 0.484 e. The number of ether oxygens (including phenoxy) is 1. The molecule has 2 aromatic carbocycles. The molecule has 0 unspecified atom stereocenters. The smallest absolute Gasteiger partial charge is 0.261 e. The third-order valence-electron chi connectivity index (χ3n) is 5.10. The molecule has 0 radical (unpaired) electrons. The molecule has 1 atom stereocenters. The summed E-state index contributed by atoms with van der Waals surface area (Å²) in [7, 11) is 0. The van der Waals surface area contributed by atoms with Gasteiger partial charge in [-0.3, -0.25) is 9.59 Å².